The van der Waals surface area contributed by atoms with E-state index in [-0.39, 0.29) is 5.91 Å². The highest BCUT2D eigenvalue weighted by atomic mass is 32.2. The largest absolute Gasteiger partial charge is 0.431 e. The fraction of sp³-hybridized carbons (Fsp3) is 0.130. The predicted octanol–water partition coefficient (Wildman–Crippen LogP) is 5.99. The first-order chi connectivity index (χ1) is 13.6. The van der Waals surface area contributed by atoms with Gasteiger partial charge in [0.15, 0.2) is 5.58 Å². The zero-order valence-corrected chi connectivity index (χ0v) is 16.5. The van der Waals surface area contributed by atoms with E-state index in [0.29, 0.717) is 10.8 Å². The van der Waals surface area contributed by atoms with Gasteiger partial charge in [0.1, 0.15) is 5.52 Å². The molecular formula is C23H20N2O2S. The Balaban J connectivity index is 1.39. The van der Waals surface area contributed by atoms with E-state index in [2.05, 4.69) is 16.4 Å². The Hall–Kier alpha value is -3.05. The molecule has 1 amide bonds. The number of thioether (sulfide) groups is 1. The quantitative estimate of drug-likeness (QED) is 0.427. The zero-order valence-electron chi connectivity index (χ0n) is 15.7. The van der Waals surface area contributed by atoms with Gasteiger partial charge >= 0.3 is 0 Å². The number of oxazole rings is 1. The van der Waals surface area contributed by atoms with Crippen LogP contribution in [-0.2, 0) is 5.75 Å². The van der Waals surface area contributed by atoms with Crippen LogP contribution in [0.4, 0.5) is 5.69 Å². The fourth-order valence-electron chi connectivity index (χ4n) is 3.06. The minimum Gasteiger partial charge on any atom is -0.431 e. The van der Waals surface area contributed by atoms with Crippen molar-refractivity contribution in [2.45, 2.75) is 24.8 Å². The molecule has 0 aliphatic heterocycles. The topological polar surface area (TPSA) is 55.1 Å². The molecule has 4 rings (SSSR count). The summed E-state index contributed by atoms with van der Waals surface area (Å²) < 4.78 is 5.73. The van der Waals surface area contributed by atoms with Crippen molar-refractivity contribution in [1.82, 2.24) is 4.98 Å². The van der Waals surface area contributed by atoms with E-state index in [9.17, 15) is 4.79 Å². The highest BCUT2D eigenvalue weighted by Gasteiger charge is 2.09. The second-order valence-corrected chi connectivity index (χ2v) is 7.69. The van der Waals surface area contributed by atoms with Gasteiger partial charge in [-0.3, -0.25) is 4.79 Å². The van der Waals surface area contributed by atoms with E-state index in [4.69, 9.17) is 4.42 Å². The van der Waals surface area contributed by atoms with Crippen LogP contribution in [0, 0.1) is 13.8 Å². The molecular weight excluding hydrogens is 368 g/mol. The van der Waals surface area contributed by atoms with Crippen LogP contribution in [0.5, 0.6) is 0 Å². The molecule has 140 valence electrons. The molecule has 0 saturated heterocycles. The molecule has 4 aromatic rings. The highest BCUT2D eigenvalue weighted by molar-refractivity contribution is 7.98. The Bertz CT molecular complexity index is 1080. The van der Waals surface area contributed by atoms with Gasteiger partial charge in [-0.2, -0.15) is 0 Å². The molecule has 1 N–H and O–H groups in total. The van der Waals surface area contributed by atoms with E-state index in [1.54, 1.807) is 11.8 Å². The van der Waals surface area contributed by atoms with Crippen molar-refractivity contribution in [3.8, 4) is 0 Å². The van der Waals surface area contributed by atoms with Crippen molar-refractivity contribution in [2.24, 2.45) is 0 Å². The smallest absolute Gasteiger partial charge is 0.257 e. The van der Waals surface area contributed by atoms with Crippen LogP contribution in [0.3, 0.4) is 0 Å². The number of carbonyl (C=O) groups is 1. The monoisotopic (exact) mass is 388 g/mol. The van der Waals surface area contributed by atoms with Gasteiger partial charge in [-0.05, 0) is 66.9 Å². The first-order valence-corrected chi connectivity index (χ1v) is 10.0. The summed E-state index contributed by atoms with van der Waals surface area (Å²) in [6.07, 6.45) is 0. The Morgan fingerprint density at radius 1 is 1.00 bits per heavy atom. The number of para-hydroxylation sites is 2. The number of hydrogen-bond acceptors (Lipinski definition) is 4. The normalized spacial score (nSPS) is 10.9. The van der Waals surface area contributed by atoms with Crippen LogP contribution >= 0.6 is 11.8 Å². The van der Waals surface area contributed by atoms with Crippen LogP contribution in [0.2, 0.25) is 0 Å². The summed E-state index contributed by atoms with van der Waals surface area (Å²) in [5.41, 5.74) is 6.47. The first-order valence-electron chi connectivity index (χ1n) is 9.04. The summed E-state index contributed by atoms with van der Waals surface area (Å²) in [5, 5.41) is 3.61. The van der Waals surface area contributed by atoms with Crippen molar-refractivity contribution < 1.29 is 9.21 Å². The number of nitrogens with one attached hydrogen (secondary N) is 1. The molecule has 0 aliphatic carbocycles. The van der Waals surface area contributed by atoms with E-state index >= 15 is 0 Å². The number of amides is 1. The van der Waals surface area contributed by atoms with Gasteiger partial charge in [0.25, 0.3) is 11.1 Å². The van der Waals surface area contributed by atoms with Gasteiger partial charge in [-0.1, -0.05) is 42.1 Å². The maximum absolute atomic E-state index is 12.5. The molecule has 0 fully saturated rings. The molecule has 4 nitrogen and oxygen atoms in total. The lowest BCUT2D eigenvalue weighted by molar-refractivity contribution is 0.102. The fourth-order valence-corrected chi connectivity index (χ4v) is 3.85. The number of nitrogens with zero attached hydrogens (tertiary/aromatic N) is 1. The average Bonchev–Trinajstić information content (AvgIpc) is 3.09. The molecule has 0 atom stereocenters. The summed E-state index contributed by atoms with van der Waals surface area (Å²) in [5.74, 6) is 0.620. The summed E-state index contributed by atoms with van der Waals surface area (Å²) in [7, 11) is 0. The van der Waals surface area contributed by atoms with Gasteiger partial charge in [-0.25, -0.2) is 4.98 Å². The van der Waals surface area contributed by atoms with Crippen LogP contribution < -0.4 is 5.32 Å². The van der Waals surface area contributed by atoms with Gasteiger partial charge in [0.05, 0.1) is 0 Å². The van der Waals surface area contributed by atoms with Crippen molar-refractivity contribution in [1.29, 1.82) is 0 Å². The Morgan fingerprint density at radius 3 is 2.43 bits per heavy atom. The summed E-state index contributed by atoms with van der Waals surface area (Å²) in [6, 6.07) is 21.4. The Labute approximate surface area is 168 Å². The highest BCUT2D eigenvalue weighted by Crippen LogP contribution is 2.26. The van der Waals surface area contributed by atoms with E-state index in [1.165, 1.54) is 0 Å². The number of aromatic nitrogens is 1. The lowest BCUT2D eigenvalue weighted by atomic mass is 10.1. The SMILES string of the molecule is Cc1cc(C)cc(NC(=O)c2ccc(CSc3nc4ccccc4o3)cc2)c1. The van der Waals surface area contributed by atoms with Gasteiger partial charge in [-0.15, -0.1) is 0 Å². The Kier molecular flexibility index (Phi) is 5.17. The summed E-state index contributed by atoms with van der Waals surface area (Å²) in [6.45, 7) is 4.04. The minimum atomic E-state index is -0.108. The molecule has 5 heteroatoms. The molecule has 0 saturated carbocycles. The van der Waals surface area contributed by atoms with Crippen LogP contribution in [0.15, 0.2) is 76.4 Å². The van der Waals surface area contributed by atoms with Crippen molar-refractivity contribution in [3.05, 3.63) is 89.0 Å². The number of carbonyl (C=O) groups excluding carboxylic acids is 1. The second kappa shape index (κ2) is 7.90. The van der Waals surface area contributed by atoms with Gasteiger partial charge < -0.3 is 9.73 Å². The van der Waals surface area contributed by atoms with Gasteiger partial charge in [0.2, 0.25) is 0 Å². The molecule has 1 aromatic heterocycles. The van der Waals surface area contributed by atoms with E-state index in [0.717, 1.165) is 39.2 Å². The number of benzene rings is 3. The molecule has 0 spiro atoms. The molecule has 0 bridgehead atoms. The number of fused-ring (bicyclic) bond motifs is 1. The third kappa shape index (κ3) is 4.26. The number of hydrogen-bond donors (Lipinski definition) is 1. The molecule has 28 heavy (non-hydrogen) atoms. The van der Waals surface area contributed by atoms with Crippen molar-refractivity contribution in [2.75, 3.05) is 5.32 Å². The minimum absolute atomic E-state index is 0.108. The molecule has 0 radical (unpaired) electrons. The number of anilines is 1. The molecule has 0 aliphatic rings. The summed E-state index contributed by atoms with van der Waals surface area (Å²) >= 11 is 1.54. The first kappa shape index (κ1) is 18.3. The summed E-state index contributed by atoms with van der Waals surface area (Å²) in [4.78, 5) is 17.0. The lowest BCUT2D eigenvalue weighted by Gasteiger charge is -2.08. The second-order valence-electron chi connectivity index (χ2n) is 6.76. The number of rotatable bonds is 5. The predicted molar refractivity (Wildman–Crippen MR) is 114 cm³/mol. The molecule has 3 aromatic carbocycles. The standard InChI is InChI=1S/C23H20N2O2S/c1-15-11-16(2)13-19(12-15)24-22(26)18-9-7-17(8-10-18)14-28-23-25-20-5-3-4-6-21(20)27-23/h3-13H,14H2,1-2H3,(H,24,26). The third-order valence-corrected chi connectivity index (χ3v) is 5.23. The Morgan fingerprint density at radius 2 is 1.71 bits per heavy atom. The average molecular weight is 388 g/mol. The third-order valence-electron chi connectivity index (χ3n) is 4.33. The lowest BCUT2D eigenvalue weighted by Crippen LogP contribution is -2.12. The van der Waals surface area contributed by atoms with Crippen molar-refractivity contribution >= 4 is 34.5 Å². The van der Waals surface area contributed by atoms with Crippen LogP contribution in [0.1, 0.15) is 27.0 Å². The van der Waals surface area contributed by atoms with Crippen LogP contribution in [-0.4, -0.2) is 10.9 Å². The van der Waals surface area contributed by atoms with Crippen LogP contribution in [0.25, 0.3) is 11.1 Å². The van der Waals surface area contributed by atoms with Gasteiger partial charge in [0, 0.05) is 17.0 Å². The van der Waals surface area contributed by atoms with E-state index < -0.39 is 0 Å². The molecule has 1 heterocycles. The maximum atomic E-state index is 12.5. The van der Waals surface area contributed by atoms with Crippen molar-refractivity contribution in [3.63, 3.8) is 0 Å². The molecule has 0 unspecified atom stereocenters. The van der Waals surface area contributed by atoms with E-state index in [1.807, 2.05) is 74.5 Å². The number of aryl methyl sites for hydroxylation is 2. The zero-order chi connectivity index (χ0) is 19.5. The maximum Gasteiger partial charge on any atom is 0.257 e.